The molecule has 0 aliphatic carbocycles. The number of nitrogens with one attached hydrogen (secondary N) is 3. The van der Waals surface area contributed by atoms with Gasteiger partial charge in [0.25, 0.3) is 0 Å². The largest absolute Gasteiger partial charge is 0.493 e. The van der Waals surface area contributed by atoms with Crippen LogP contribution in [0.4, 0.5) is 0 Å². The molecule has 12 nitrogen and oxygen atoms in total. The van der Waals surface area contributed by atoms with Crippen LogP contribution in [0.3, 0.4) is 0 Å². The number of benzene rings is 8. The van der Waals surface area contributed by atoms with Crippen molar-refractivity contribution in [2.45, 2.75) is 25.3 Å². The molecule has 1 aliphatic rings. The number of aromatic amines is 2. The Morgan fingerprint density at radius 2 is 1.00 bits per heavy atom. The van der Waals surface area contributed by atoms with Crippen molar-refractivity contribution in [2.24, 2.45) is 0 Å². The minimum absolute atomic E-state index is 0.192. The summed E-state index contributed by atoms with van der Waals surface area (Å²) in [6, 6.07) is 64.4. The van der Waals surface area contributed by atoms with Gasteiger partial charge in [-0.15, -0.1) is 0 Å². The SMILES string of the molecule is COc1ccccc1OCCN(Cc1ccccc1)CC(O)COc1cccc2[nH]c3ccccc3c12.COc1ccccc1OCCNCc1ccccc1.c1ccc2c(c1)[nH]c1cccc(OCC3CO3)c12. The fraction of sp³-hybridized carbons (Fsp3) is 0.226. The summed E-state index contributed by atoms with van der Waals surface area (Å²) in [5.74, 6) is 4.66. The highest BCUT2D eigenvalue weighted by atomic mass is 16.6. The fourth-order valence-electron chi connectivity index (χ4n) is 8.76. The summed E-state index contributed by atoms with van der Waals surface area (Å²) in [6.07, 6.45) is -0.388. The summed E-state index contributed by atoms with van der Waals surface area (Å²) in [7, 11) is 3.28. The van der Waals surface area contributed by atoms with Crippen LogP contribution in [-0.2, 0) is 17.8 Å². The van der Waals surface area contributed by atoms with E-state index in [4.69, 9.17) is 33.2 Å². The van der Waals surface area contributed by atoms with Gasteiger partial charge in [0.15, 0.2) is 23.0 Å². The van der Waals surface area contributed by atoms with E-state index in [-0.39, 0.29) is 12.7 Å². The first-order valence-electron chi connectivity index (χ1n) is 25.1. The Labute approximate surface area is 432 Å². The molecule has 0 spiro atoms. The lowest BCUT2D eigenvalue weighted by molar-refractivity contribution is 0.0608. The van der Waals surface area contributed by atoms with Crippen LogP contribution in [0.2, 0.25) is 0 Å². The maximum Gasteiger partial charge on any atom is 0.161 e. The van der Waals surface area contributed by atoms with Crippen molar-refractivity contribution in [2.75, 3.05) is 66.9 Å². The molecule has 11 rings (SSSR count). The Morgan fingerprint density at radius 3 is 1.57 bits per heavy atom. The van der Waals surface area contributed by atoms with Crippen LogP contribution in [0.1, 0.15) is 11.1 Å². The molecule has 74 heavy (non-hydrogen) atoms. The number of fused-ring (bicyclic) bond motifs is 6. The monoisotopic (exact) mass is 992 g/mol. The Morgan fingerprint density at radius 1 is 0.527 bits per heavy atom. The molecular formula is C62H64N4O8. The van der Waals surface area contributed by atoms with Gasteiger partial charge in [0.1, 0.15) is 50.1 Å². The molecule has 1 fully saturated rings. The molecular weight excluding hydrogens is 929 g/mol. The van der Waals surface area contributed by atoms with Gasteiger partial charge in [0, 0.05) is 65.3 Å². The van der Waals surface area contributed by atoms with E-state index in [0.717, 1.165) is 80.9 Å². The molecule has 0 bridgehead atoms. The molecule has 380 valence electrons. The third-order valence-corrected chi connectivity index (χ3v) is 12.5. The number of aliphatic hydroxyl groups excluding tert-OH is 1. The van der Waals surface area contributed by atoms with Crippen molar-refractivity contribution >= 4 is 43.6 Å². The maximum absolute atomic E-state index is 11.0. The van der Waals surface area contributed by atoms with Gasteiger partial charge >= 0.3 is 0 Å². The lowest BCUT2D eigenvalue weighted by Crippen LogP contribution is -2.37. The van der Waals surface area contributed by atoms with Crippen LogP contribution in [-0.4, -0.2) is 99.1 Å². The Bertz CT molecular complexity index is 3290. The van der Waals surface area contributed by atoms with Crippen LogP contribution in [0, 0.1) is 0 Å². The second-order valence-corrected chi connectivity index (χ2v) is 17.8. The van der Waals surface area contributed by atoms with E-state index in [1.165, 1.54) is 16.5 Å². The van der Waals surface area contributed by atoms with Crippen molar-refractivity contribution in [3.05, 3.63) is 205 Å². The van der Waals surface area contributed by atoms with E-state index >= 15 is 0 Å². The van der Waals surface area contributed by atoms with Gasteiger partial charge in [0.2, 0.25) is 0 Å². The van der Waals surface area contributed by atoms with E-state index in [9.17, 15) is 5.11 Å². The number of aromatic nitrogens is 2. The number of hydrogen-bond donors (Lipinski definition) is 4. The summed E-state index contributed by atoms with van der Waals surface area (Å²) in [4.78, 5) is 9.03. The summed E-state index contributed by atoms with van der Waals surface area (Å²) >= 11 is 0. The van der Waals surface area contributed by atoms with Crippen LogP contribution >= 0.6 is 0 Å². The molecule has 12 heteroatoms. The quantitative estimate of drug-likeness (QED) is 0.0384. The molecule has 3 heterocycles. The molecule has 1 saturated heterocycles. The number of para-hydroxylation sites is 6. The first-order chi connectivity index (χ1) is 36.5. The summed E-state index contributed by atoms with van der Waals surface area (Å²) in [6.45, 7) is 6.19. The predicted molar refractivity (Wildman–Crippen MR) is 295 cm³/mol. The summed E-state index contributed by atoms with van der Waals surface area (Å²) in [5, 5.41) is 18.8. The number of epoxide rings is 1. The molecule has 2 unspecified atom stereocenters. The number of nitrogens with zero attached hydrogens (tertiary/aromatic N) is 1. The van der Waals surface area contributed by atoms with Gasteiger partial charge < -0.3 is 53.5 Å². The first kappa shape index (κ1) is 50.9. The van der Waals surface area contributed by atoms with E-state index < -0.39 is 6.10 Å². The third kappa shape index (κ3) is 13.9. The number of H-pyrrole nitrogens is 2. The zero-order valence-electron chi connectivity index (χ0n) is 42.0. The average Bonchev–Trinajstić information content (AvgIpc) is 4.09. The average molecular weight is 993 g/mol. The lowest BCUT2D eigenvalue weighted by Gasteiger charge is -2.25. The normalized spacial score (nSPS) is 13.2. The molecule has 2 aromatic heterocycles. The third-order valence-electron chi connectivity index (χ3n) is 12.5. The highest BCUT2D eigenvalue weighted by Gasteiger charge is 2.24. The molecule has 0 amide bonds. The smallest absolute Gasteiger partial charge is 0.161 e. The van der Waals surface area contributed by atoms with Gasteiger partial charge in [-0.25, -0.2) is 0 Å². The van der Waals surface area contributed by atoms with Crippen molar-refractivity contribution in [1.82, 2.24) is 20.2 Å². The first-order valence-corrected chi connectivity index (χ1v) is 25.1. The molecule has 1 aliphatic heterocycles. The Kier molecular flexibility index (Phi) is 18.0. The minimum atomic E-state index is -0.671. The topological polar surface area (TPSA) is 135 Å². The van der Waals surface area contributed by atoms with Crippen LogP contribution in [0.15, 0.2) is 194 Å². The van der Waals surface area contributed by atoms with Crippen LogP contribution < -0.4 is 33.7 Å². The van der Waals surface area contributed by atoms with E-state index in [0.29, 0.717) is 51.0 Å². The van der Waals surface area contributed by atoms with Gasteiger partial charge in [-0.05, 0) is 71.8 Å². The second kappa shape index (κ2) is 26.1. The molecule has 4 N–H and O–H groups in total. The van der Waals surface area contributed by atoms with Crippen LogP contribution in [0.5, 0.6) is 34.5 Å². The van der Waals surface area contributed by atoms with E-state index in [2.05, 4.69) is 80.8 Å². The highest BCUT2D eigenvalue weighted by molar-refractivity contribution is 6.11. The lowest BCUT2D eigenvalue weighted by atomic mass is 10.1. The fourth-order valence-corrected chi connectivity index (χ4v) is 8.76. The summed E-state index contributed by atoms with van der Waals surface area (Å²) in [5.41, 5.74) is 6.80. The van der Waals surface area contributed by atoms with Crippen molar-refractivity contribution in [1.29, 1.82) is 0 Å². The van der Waals surface area contributed by atoms with Crippen molar-refractivity contribution < 1.29 is 38.3 Å². The maximum atomic E-state index is 11.0. The highest BCUT2D eigenvalue weighted by Crippen LogP contribution is 2.35. The Balaban J connectivity index is 0.000000151. The minimum Gasteiger partial charge on any atom is -0.493 e. The molecule has 0 saturated carbocycles. The van der Waals surface area contributed by atoms with E-state index in [1.807, 2.05) is 133 Å². The number of ether oxygens (including phenoxy) is 7. The molecule has 0 radical (unpaired) electrons. The number of aliphatic hydroxyl groups is 1. The van der Waals surface area contributed by atoms with Gasteiger partial charge in [-0.1, -0.05) is 133 Å². The molecule has 2 atom stereocenters. The second-order valence-electron chi connectivity index (χ2n) is 17.8. The van der Waals surface area contributed by atoms with Gasteiger partial charge in [-0.2, -0.15) is 0 Å². The Hall–Kier alpha value is -8.00. The number of rotatable bonds is 22. The zero-order chi connectivity index (χ0) is 50.7. The zero-order valence-corrected chi connectivity index (χ0v) is 42.0. The van der Waals surface area contributed by atoms with Crippen LogP contribution in [0.25, 0.3) is 43.6 Å². The predicted octanol–water partition coefficient (Wildman–Crippen LogP) is 11.6. The number of methoxy groups -OCH3 is 2. The van der Waals surface area contributed by atoms with Crippen molar-refractivity contribution in [3.8, 4) is 34.5 Å². The standard InChI is InChI=1S/C31H32N2O4.C16H19NO2.C15H13NO2/c1-35-28-15-7-8-16-29(28)36-19-18-33(20-23-10-3-2-4-11-23)21-24(34)22-37-30-17-9-14-27-31(30)25-12-5-6-13-26(25)32-27;1-18-15-9-5-6-10-16(15)19-12-11-17-13-14-7-3-2-4-8-14;1-2-5-12-11(4-1)15-13(16-12)6-3-7-14(15)18-9-10-8-17-10/h2-17,24,32,34H,18-22H2,1H3;2-10,17H,11-13H2,1H3;1-7,10,16H,8-9H2. The van der Waals surface area contributed by atoms with Crippen molar-refractivity contribution in [3.63, 3.8) is 0 Å². The van der Waals surface area contributed by atoms with E-state index in [1.54, 1.807) is 14.2 Å². The van der Waals surface area contributed by atoms with Gasteiger partial charge in [-0.3, -0.25) is 4.90 Å². The van der Waals surface area contributed by atoms with Gasteiger partial charge in [0.05, 0.1) is 31.9 Å². The molecule has 8 aromatic carbocycles. The molecule has 10 aromatic rings. The summed E-state index contributed by atoms with van der Waals surface area (Å²) < 4.78 is 39.5. The number of hydrogen-bond acceptors (Lipinski definition) is 10.